The summed E-state index contributed by atoms with van der Waals surface area (Å²) in [6, 6.07) is 7.28. The van der Waals surface area contributed by atoms with Crippen LogP contribution in [0, 0.1) is 0 Å². The third-order valence-corrected chi connectivity index (χ3v) is 5.35. The first kappa shape index (κ1) is 13.2. The molecule has 106 valence electrons. The van der Waals surface area contributed by atoms with Crippen LogP contribution >= 0.6 is 0 Å². The Balaban J connectivity index is 1.86. The zero-order chi connectivity index (χ0) is 14.3. The second-order valence-corrected chi connectivity index (χ2v) is 7.32. The summed E-state index contributed by atoms with van der Waals surface area (Å²) in [5.74, 6) is -0.423. The zero-order valence-electron chi connectivity index (χ0n) is 11.1. The molecule has 1 fully saturated rings. The minimum absolute atomic E-state index is 0.0660. The third kappa shape index (κ3) is 2.31. The van der Waals surface area contributed by atoms with Crippen molar-refractivity contribution >= 4 is 26.7 Å². The summed E-state index contributed by atoms with van der Waals surface area (Å²) in [7, 11) is -1.14. The van der Waals surface area contributed by atoms with Crippen molar-refractivity contribution in [3.63, 3.8) is 0 Å². The summed E-state index contributed by atoms with van der Waals surface area (Å²) in [5.41, 5.74) is 1.42. The number of sulfone groups is 1. The van der Waals surface area contributed by atoms with E-state index in [1.165, 1.54) is 0 Å². The second-order valence-electron chi connectivity index (χ2n) is 5.10. The molecule has 1 aliphatic heterocycles. The number of fused-ring (bicyclic) bond motifs is 1. The monoisotopic (exact) mass is 293 g/mol. The minimum atomic E-state index is -3.04. The van der Waals surface area contributed by atoms with E-state index in [1.807, 2.05) is 29.9 Å². The van der Waals surface area contributed by atoms with Gasteiger partial charge in [-0.25, -0.2) is 13.2 Å². The molecule has 1 aliphatic rings. The molecule has 1 saturated heterocycles. The SMILES string of the molecule is Cn1ccc2c(C(=O)OC3CCS(=O)(=O)C3)cccc21. The van der Waals surface area contributed by atoms with Crippen molar-refractivity contribution in [3.05, 3.63) is 36.0 Å². The van der Waals surface area contributed by atoms with Crippen molar-refractivity contribution in [2.75, 3.05) is 11.5 Å². The van der Waals surface area contributed by atoms with Crippen LogP contribution < -0.4 is 0 Å². The highest BCUT2D eigenvalue weighted by atomic mass is 32.2. The van der Waals surface area contributed by atoms with Gasteiger partial charge in [0.1, 0.15) is 6.10 Å². The quantitative estimate of drug-likeness (QED) is 0.788. The molecular formula is C14H15NO4S. The van der Waals surface area contributed by atoms with Gasteiger partial charge in [-0.05, 0) is 24.6 Å². The molecule has 3 rings (SSSR count). The highest BCUT2D eigenvalue weighted by Gasteiger charge is 2.31. The molecule has 0 aliphatic carbocycles. The Morgan fingerprint density at radius 1 is 1.35 bits per heavy atom. The number of hydrogen-bond donors (Lipinski definition) is 0. The Labute approximate surface area is 117 Å². The van der Waals surface area contributed by atoms with E-state index < -0.39 is 21.9 Å². The smallest absolute Gasteiger partial charge is 0.339 e. The number of aryl methyl sites for hydroxylation is 1. The summed E-state index contributed by atoms with van der Waals surface area (Å²) >= 11 is 0. The molecule has 1 unspecified atom stereocenters. The fraction of sp³-hybridized carbons (Fsp3) is 0.357. The fourth-order valence-electron chi connectivity index (χ4n) is 2.55. The van der Waals surface area contributed by atoms with Crippen LogP contribution in [0.25, 0.3) is 10.9 Å². The van der Waals surface area contributed by atoms with E-state index in [0.717, 1.165) is 10.9 Å². The van der Waals surface area contributed by atoms with Crippen LogP contribution in [-0.4, -0.2) is 36.6 Å². The van der Waals surface area contributed by atoms with Gasteiger partial charge in [-0.2, -0.15) is 0 Å². The van der Waals surface area contributed by atoms with Gasteiger partial charge in [0, 0.05) is 24.1 Å². The van der Waals surface area contributed by atoms with Crippen LogP contribution in [-0.2, 0) is 21.6 Å². The molecule has 5 nitrogen and oxygen atoms in total. The van der Waals surface area contributed by atoms with Gasteiger partial charge in [0.25, 0.3) is 0 Å². The molecule has 1 aromatic carbocycles. The Morgan fingerprint density at radius 2 is 2.15 bits per heavy atom. The molecule has 1 aromatic heterocycles. The number of esters is 1. The lowest BCUT2D eigenvalue weighted by molar-refractivity contribution is 0.0358. The predicted octanol–water partition coefficient (Wildman–Crippen LogP) is 1.52. The van der Waals surface area contributed by atoms with E-state index in [9.17, 15) is 13.2 Å². The Kier molecular flexibility index (Phi) is 3.05. The highest BCUT2D eigenvalue weighted by Crippen LogP contribution is 2.22. The lowest BCUT2D eigenvalue weighted by atomic mass is 10.1. The molecule has 2 aromatic rings. The topological polar surface area (TPSA) is 65.4 Å². The maximum Gasteiger partial charge on any atom is 0.339 e. The van der Waals surface area contributed by atoms with E-state index in [-0.39, 0.29) is 11.5 Å². The number of rotatable bonds is 2. The summed E-state index contributed by atoms with van der Waals surface area (Å²) in [6.45, 7) is 0. The Morgan fingerprint density at radius 3 is 2.85 bits per heavy atom. The van der Waals surface area contributed by atoms with Gasteiger partial charge in [-0.1, -0.05) is 6.07 Å². The molecule has 0 N–H and O–H groups in total. The number of carbonyl (C=O) groups excluding carboxylic acids is 1. The summed E-state index contributed by atoms with van der Waals surface area (Å²) in [6.07, 6.45) is 1.74. The van der Waals surface area contributed by atoms with Gasteiger partial charge in [0.2, 0.25) is 0 Å². The number of hydrogen-bond acceptors (Lipinski definition) is 4. The molecular weight excluding hydrogens is 278 g/mol. The van der Waals surface area contributed by atoms with Crippen molar-refractivity contribution in [2.24, 2.45) is 7.05 Å². The average molecular weight is 293 g/mol. The van der Waals surface area contributed by atoms with E-state index in [4.69, 9.17) is 4.74 Å². The maximum atomic E-state index is 12.2. The first-order valence-electron chi connectivity index (χ1n) is 6.42. The normalized spacial score (nSPS) is 21.1. The first-order valence-corrected chi connectivity index (χ1v) is 8.24. The number of carbonyl (C=O) groups is 1. The zero-order valence-corrected chi connectivity index (χ0v) is 11.9. The van der Waals surface area contributed by atoms with Crippen molar-refractivity contribution in [3.8, 4) is 0 Å². The van der Waals surface area contributed by atoms with Gasteiger partial charge in [-0.15, -0.1) is 0 Å². The van der Waals surface area contributed by atoms with E-state index in [1.54, 1.807) is 12.1 Å². The van der Waals surface area contributed by atoms with Crippen molar-refractivity contribution in [1.82, 2.24) is 4.57 Å². The standard InChI is InChI=1S/C14H15NO4S/c1-15-7-5-11-12(3-2-4-13(11)15)14(16)19-10-6-8-20(17,18)9-10/h2-5,7,10H,6,8-9H2,1H3. The van der Waals surface area contributed by atoms with Gasteiger partial charge >= 0.3 is 5.97 Å². The molecule has 0 spiro atoms. The molecule has 0 bridgehead atoms. The van der Waals surface area contributed by atoms with Crippen LogP contribution in [0.15, 0.2) is 30.5 Å². The van der Waals surface area contributed by atoms with Gasteiger partial charge in [-0.3, -0.25) is 0 Å². The van der Waals surface area contributed by atoms with Crippen LogP contribution in [0.3, 0.4) is 0 Å². The largest absolute Gasteiger partial charge is 0.458 e. The highest BCUT2D eigenvalue weighted by molar-refractivity contribution is 7.91. The lowest BCUT2D eigenvalue weighted by Crippen LogP contribution is -2.19. The number of ether oxygens (including phenoxy) is 1. The van der Waals surface area contributed by atoms with Crippen molar-refractivity contribution in [1.29, 1.82) is 0 Å². The lowest BCUT2D eigenvalue weighted by Gasteiger charge is -2.11. The second kappa shape index (κ2) is 4.63. The number of aromatic nitrogens is 1. The van der Waals surface area contributed by atoms with Crippen LogP contribution in [0.2, 0.25) is 0 Å². The molecule has 0 saturated carbocycles. The maximum absolute atomic E-state index is 12.2. The van der Waals surface area contributed by atoms with E-state index in [2.05, 4.69) is 0 Å². The van der Waals surface area contributed by atoms with Crippen LogP contribution in [0.1, 0.15) is 16.8 Å². The first-order chi connectivity index (χ1) is 9.46. The molecule has 2 heterocycles. The summed E-state index contributed by atoms with van der Waals surface area (Å²) in [5, 5.41) is 0.820. The van der Waals surface area contributed by atoms with E-state index >= 15 is 0 Å². The average Bonchev–Trinajstić information content (AvgIpc) is 2.93. The summed E-state index contributed by atoms with van der Waals surface area (Å²) < 4.78 is 30.0. The van der Waals surface area contributed by atoms with Crippen molar-refractivity contribution in [2.45, 2.75) is 12.5 Å². The molecule has 0 radical (unpaired) electrons. The number of nitrogens with zero attached hydrogens (tertiary/aromatic N) is 1. The molecule has 6 heteroatoms. The van der Waals surface area contributed by atoms with E-state index in [0.29, 0.717) is 12.0 Å². The van der Waals surface area contributed by atoms with Gasteiger partial charge in [0.05, 0.1) is 17.1 Å². The number of benzene rings is 1. The molecule has 0 amide bonds. The third-order valence-electron chi connectivity index (χ3n) is 3.61. The van der Waals surface area contributed by atoms with Crippen molar-refractivity contribution < 1.29 is 17.9 Å². The Hall–Kier alpha value is -1.82. The molecule has 20 heavy (non-hydrogen) atoms. The molecule has 1 atom stereocenters. The predicted molar refractivity (Wildman–Crippen MR) is 75.4 cm³/mol. The summed E-state index contributed by atoms with van der Waals surface area (Å²) in [4.78, 5) is 12.2. The Bertz CT molecular complexity index is 776. The fourth-order valence-corrected chi connectivity index (χ4v) is 4.14. The van der Waals surface area contributed by atoms with Gasteiger partial charge < -0.3 is 9.30 Å². The minimum Gasteiger partial charge on any atom is -0.458 e. The van der Waals surface area contributed by atoms with Crippen LogP contribution in [0.5, 0.6) is 0 Å². The van der Waals surface area contributed by atoms with Crippen LogP contribution in [0.4, 0.5) is 0 Å². The van der Waals surface area contributed by atoms with Gasteiger partial charge in [0.15, 0.2) is 9.84 Å².